The molecule has 0 rings (SSSR count). The van der Waals surface area contributed by atoms with Crippen LogP contribution in [0.4, 0.5) is 0 Å². The fourth-order valence-electron chi connectivity index (χ4n) is 6.63. The quantitative estimate of drug-likeness (QED) is 0.0247. The highest BCUT2D eigenvalue weighted by molar-refractivity contribution is 7.47. The molecule has 0 aromatic heterocycles. The Balaban J connectivity index is 3.91. The van der Waals surface area contributed by atoms with Crippen molar-refractivity contribution in [2.75, 3.05) is 40.9 Å². The minimum absolute atomic E-state index is 0.0633. The molecule has 0 saturated heterocycles. The van der Waals surface area contributed by atoms with E-state index in [1.807, 2.05) is 27.2 Å². The number of allylic oxidation sites excluding steroid dienone is 1. The number of amides is 1. The maximum atomic E-state index is 12.7. The normalized spacial score (nSPS) is 14.5. The number of rotatable bonds is 41. The molecule has 9 heteroatoms. The van der Waals surface area contributed by atoms with Crippen molar-refractivity contribution in [1.29, 1.82) is 0 Å². The minimum Gasteiger partial charge on any atom is -0.387 e. The summed E-state index contributed by atoms with van der Waals surface area (Å²) in [6.45, 7) is 4.72. The summed E-state index contributed by atoms with van der Waals surface area (Å²) >= 11 is 0. The molecule has 53 heavy (non-hydrogen) atoms. The van der Waals surface area contributed by atoms with Crippen LogP contribution in [0.3, 0.4) is 0 Å². The molecule has 0 aromatic rings. The van der Waals surface area contributed by atoms with Gasteiger partial charge in [0.2, 0.25) is 5.91 Å². The van der Waals surface area contributed by atoms with Gasteiger partial charge in [-0.3, -0.25) is 13.8 Å². The van der Waals surface area contributed by atoms with Crippen LogP contribution in [0.5, 0.6) is 0 Å². The van der Waals surface area contributed by atoms with Gasteiger partial charge in [-0.25, -0.2) is 4.57 Å². The molecule has 0 aromatic carbocycles. The van der Waals surface area contributed by atoms with E-state index in [0.29, 0.717) is 17.4 Å². The van der Waals surface area contributed by atoms with Crippen LogP contribution in [0, 0.1) is 0 Å². The standard InChI is InChI=1S/C44H89N2O6P/c1-6-8-10-12-13-14-15-16-17-18-19-20-21-22-23-24-25-26-27-28-29-30-31-32-34-36-38-44(48)45-42(43(47)37-35-33-11-9-7-2)41-52-53(49,50)51-40-39-46(3,4)5/h35,37,42-43,47H,6-34,36,38-41H2,1-5H3,(H-,45,48,49,50)/p+1/b37-35+. The molecule has 8 nitrogen and oxygen atoms in total. The number of phosphoric ester groups is 1. The number of hydrogen-bond acceptors (Lipinski definition) is 5. The number of unbranched alkanes of at least 4 members (excludes halogenated alkanes) is 28. The van der Waals surface area contributed by atoms with Crippen LogP contribution in [-0.2, 0) is 18.4 Å². The molecule has 0 aliphatic rings. The number of nitrogens with one attached hydrogen (secondary N) is 1. The second-order valence-corrected chi connectivity index (χ2v) is 18.2. The average molecular weight is 774 g/mol. The third-order valence-corrected chi connectivity index (χ3v) is 11.2. The van der Waals surface area contributed by atoms with Gasteiger partial charge in [0.25, 0.3) is 0 Å². The van der Waals surface area contributed by atoms with Crippen molar-refractivity contribution in [3.8, 4) is 0 Å². The zero-order chi connectivity index (χ0) is 39.3. The van der Waals surface area contributed by atoms with Gasteiger partial charge in [-0.05, 0) is 19.3 Å². The molecule has 0 saturated carbocycles. The molecule has 3 N–H and O–H groups in total. The molecule has 1 amide bonds. The summed E-state index contributed by atoms with van der Waals surface area (Å²) in [5, 5.41) is 13.6. The highest BCUT2D eigenvalue weighted by atomic mass is 31.2. The summed E-state index contributed by atoms with van der Waals surface area (Å²) in [4.78, 5) is 22.9. The van der Waals surface area contributed by atoms with E-state index in [-0.39, 0.29) is 19.1 Å². The summed E-state index contributed by atoms with van der Waals surface area (Å²) < 4.78 is 23.3. The lowest BCUT2D eigenvalue weighted by molar-refractivity contribution is -0.870. The van der Waals surface area contributed by atoms with E-state index >= 15 is 0 Å². The first-order valence-corrected chi connectivity index (χ1v) is 24.1. The summed E-state index contributed by atoms with van der Waals surface area (Å²) in [7, 11) is 1.58. The summed E-state index contributed by atoms with van der Waals surface area (Å²) in [6.07, 6.45) is 42.0. The number of hydrogen-bond donors (Lipinski definition) is 3. The number of carbonyl (C=O) groups excluding carboxylic acids is 1. The summed E-state index contributed by atoms with van der Waals surface area (Å²) in [6, 6.07) is -0.837. The second kappa shape index (κ2) is 36.9. The Hall–Kier alpha value is -0.760. The summed E-state index contributed by atoms with van der Waals surface area (Å²) in [5.74, 6) is -0.180. The SMILES string of the molecule is CCCCC/C=C/C(O)C(COP(=O)(O)OCC[N+](C)(C)C)NC(=O)CCCCCCCCCCCCCCCCCCCCCCCCCCCC. The lowest BCUT2D eigenvalue weighted by Crippen LogP contribution is -2.45. The predicted molar refractivity (Wildman–Crippen MR) is 226 cm³/mol. The fourth-order valence-corrected chi connectivity index (χ4v) is 7.37. The van der Waals surface area contributed by atoms with Crippen molar-refractivity contribution < 1.29 is 32.9 Å². The van der Waals surface area contributed by atoms with Gasteiger partial charge in [0.1, 0.15) is 13.2 Å². The Kier molecular flexibility index (Phi) is 36.3. The van der Waals surface area contributed by atoms with Crippen LogP contribution < -0.4 is 5.32 Å². The number of aliphatic hydroxyl groups excluding tert-OH is 1. The molecule has 0 heterocycles. The first-order valence-electron chi connectivity index (χ1n) is 22.6. The van der Waals surface area contributed by atoms with Crippen molar-refractivity contribution in [3.63, 3.8) is 0 Å². The molecule has 0 aliphatic carbocycles. The number of phosphoric acid groups is 1. The number of carbonyl (C=O) groups is 1. The first-order chi connectivity index (χ1) is 25.5. The van der Waals surface area contributed by atoms with Gasteiger partial charge in [-0.1, -0.05) is 199 Å². The average Bonchev–Trinajstić information content (AvgIpc) is 3.10. The Bertz CT molecular complexity index is 880. The van der Waals surface area contributed by atoms with Crippen molar-refractivity contribution in [1.82, 2.24) is 5.32 Å². The number of aliphatic hydroxyl groups is 1. The van der Waals surface area contributed by atoms with E-state index in [9.17, 15) is 19.4 Å². The highest BCUT2D eigenvalue weighted by Crippen LogP contribution is 2.43. The van der Waals surface area contributed by atoms with Crippen molar-refractivity contribution >= 4 is 13.7 Å². The van der Waals surface area contributed by atoms with Crippen LogP contribution in [0.25, 0.3) is 0 Å². The molecular weight excluding hydrogens is 683 g/mol. The number of quaternary nitrogens is 1. The smallest absolute Gasteiger partial charge is 0.387 e. The number of likely N-dealkylation sites (N-methyl/N-ethyl adjacent to an activating group) is 1. The van der Waals surface area contributed by atoms with E-state index in [1.165, 1.54) is 148 Å². The van der Waals surface area contributed by atoms with Crippen LogP contribution in [0.2, 0.25) is 0 Å². The Labute approximate surface area is 329 Å². The molecule has 0 fully saturated rings. The Morgan fingerprint density at radius 2 is 1.00 bits per heavy atom. The summed E-state index contributed by atoms with van der Waals surface area (Å²) in [5.41, 5.74) is 0. The third-order valence-electron chi connectivity index (χ3n) is 10.3. The highest BCUT2D eigenvalue weighted by Gasteiger charge is 2.27. The van der Waals surface area contributed by atoms with Gasteiger partial charge in [-0.15, -0.1) is 0 Å². The van der Waals surface area contributed by atoms with Crippen molar-refractivity contribution in [2.24, 2.45) is 0 Å². The van der Waals surface area contributed by atoms with Crippen molar-refractivity contribution in [2.45, 2.75) is 225 Å². The maximum absolute atomic E-state index is 12.7. The molecule has 316 valence electrons. The van der Waals surface area contributed by atoms with Gasteiger partial charge in [0, 0.05) is 6.42 Å². The van der Waals surface area contributed by atoms with Gasteiger partial charge < -0.3 is 19.8 Å². The lowest BCUT2D eigenvalue weighted by atomic mass is 10.0. The van der Waals surface area contributed by atoms with Gasteiger partial charge >= 0.3 is 7.82 Å². The number of nitrogens with zero attached hydrogens (tertiary/aromatic N) is 1. The van der Waals surface area contributed by atoms with Gasteiger partial charge in [-0.2, -0.15) is 0 Å². The second-order valence-electron chi connectivity index (χ2n) is 16.8. The van der Waals surface area contributed by atoms with E-state index in [0.717, 1.165) is 44.9 Å². The third kappa shape index (κ3) is 39.3. The maximum Gasteiger partial charge on any atom is 0.472 e. The molecule has 3 unspecified atom stereocenters. The lowest BCUT2D eigenvalue weighted by Gasteiger charge is -2.25. The zero-order valence-corrected chi connectivity index (χ0v) is 36.7. The molecule has 0 bridgehead atoms. The first kappa shape index (κ1) is 52.2. The van der Waals surface area contributed by atoms with E-state index in [4.69, 9.17) is 9.05 Å². The Morgan fingerprint density at radius 1 is 0.623 bits per heavy atom. The van der Waals surface area contributed by atoms with Crippen LogP contribution in [-0.4, -0.2) is 73.4 Å². The zero-order valence-electron chi connectivity index (χ0n) is 35.8. The topological polar surface area (TPSA) is 105 Å². The fraction of sp³-hybridized carbons (Fsp3) is 0.932. The van der Waals surface area contributed by atoms with Gasteiger partial charge in [0.15, 0.2) is 0 Å². The van der Waals surface area contributed by atoms with Crippen LogP contribution >= 0.6 is 7.82 Å². The monoisotopic (exact) mass is 774 g/mol. The van der Waals surface area contributed by atoms with E-state index < -0.39 is 20.0 Å². The van der Waals surface area contributed by atoms with E-state index in [2.05, 4.69) is 19.2 Å². The Morgan fingerprint density at radius 3 is 1.40 bits per heavy atom. The molecule has 0 aliphatic heterocycles. The molecule has 0 spiro atoms. The largest absolute Gasteiger partial charge is 0.472 e. The van der Waals surface area contributed by atoms with E-state index in [1.54, 1.807) is 6.08 Å². The van der Waals surface area contributed by atoms with Crippen molar-refractivity contribution in [3.05, 3.63) is 12.2 Å². The van der Waals surface area contributed by atoms with Crippen LogP contribution in [0.15, 0.2) is 12.2 Å². The molecular formula is C44H90N2O6P+. The molecule has 3 atom stereocenters. The predicted octanol–water partition coefficient (Wildman–Crippen LogP) is 12.4. The molecule has 0 radical (unpaired) electrons. The minimum atomic E-state index is -4.32. The van der Waals surface area contributed by atoms with Crippen LogP contribution in [0.1, 0.15) is 213 Å². The van der Waals surface area contributed by atoms with Gasteiger partial charge in [0.05, 0.1) is 39.9 Å².